The molecule has 1 rings (SSSR count). The van der Waals surface area contributed by atoms with Crippen LogP contribution in [0.4, 0.5) is 5.69 Å². The highest BCUT2D eigenvalue weighted by molar-refractivity contribution is 7.89. The largest absolute Gasteiger partial charge is 0.478 e. The maximum Gasteiger partial charge on any atom is 0.337 e. The maximum absolute atomic E-state index is 12.1. The topological polar surface area (TPSA) is 109 Å². The van der Waals surface area contributed by atoms with Crippen molar-refractivity contribution in [3.63, 3.8) is 0 Å². The van der Waals surface area contributed by atoms with E-state index in [9.17, 15) is 13.2 Å². The third kappa shape index (κ3) is 3.44. The van der Waals surface area contributed by atoms with E-state index in [-0.39, 0.29) is 16.1 Å². The Bertz CT molecular complexity index is 573. The number of carboxylic acid groups (broad SMARTS) is 1. The van der Waals surface area contributed by atoms with Gasteiger partial charge >= 0.3 is 5.97 Å². The van der Waals surface area contributed by atoms with Gasteiger partial charge in [-0.25, -0.2) is 17.9 Å². The SMILES string of the molecule is CC(C)(C)NS(=O)(=O)c1ccc(N)cc1C(=O)O. The average Bonchev–Trinajstić information content (AvgIpc) is 2.12. The number of aromatic carboxylic acids is 1. The Balaban J connectivity index is 3.37. The van der Waals surface area contributed by atoms with Crippen molar-refractivity contribution in [2.45, 2.75) is 31.2 Å². The van der Waals surface area contributed by atoms with Gasteiger partial charge in [0, 0.05) is 11.2 Å². The van der Waals surface area contributed by atoms with Crippen LogP contribution in [-0.4, -0.2) is 25.0 Å². The van der Waals surface area contributed by atoms with E-state index in [1.807, 2.05) is 0 Å². The number of nitrogen functional groups attached to an aromatic ring is 1. The minimum atomic E-state index is -3.90. The van der Waals surface area contributed by atoms with Gasteiger partial charge in [0.2, 0.25) is 10.0 Å². The number of sulfonamides is 1. The second-order valence-electron chi connectivity index (χ2n) is 4.92. The molecule has 0 aliphatic heterocycles. The number of carboxylic acids is 1. The smallest absolute Gasteiger partial charge is 0.337 e. The molecule has 100 valence electrons. The Morgan fingerprint density at radius 3 is 2.33 bits per heavy atom. The molecule has 7 heteroatoms. The van der Waals surface area contributed by atoms with Gasteiger partial charge in [0.25, 0.3) is 0 Å². The molecule has 1 aromatic carbocycles. The standard InChI is InChI=1S/C11H16N2O4S/c1-11(2,3)13-18(16,17)9-5-4-7(12)6-8(9)10(14)15/h4-6,13H,12H2,1-3H3,(H,14,15). The molecule has 0 spiro atoms. The predicted molar refractivity (Wildman–Crippen MR) is 67.9 cm³/mol. The van der Waals surface area contributed by atoms with E-state index in [1.165, 1.54) is 12.1 Å². The summed E-state index contributed by atoms with van der Waals surface area (Å²) in [6.07, 6.45) is 0. The Morgan fingerprint density at radius 1 is 1.33 bits per heavy atom. The molecule has 0 fully saturated rings. The Labute approximate surface area is 106 Å². The molecule has 0 unspecified atom stereocenters. The lowest BCUT2D eigenvalue weighted by atomic mass is 10.1. The molecule has 0 aromatic heterocycles. The van der Waals surface area contributed by atoms with Crippen LogP contribution in [0.1, 0.15) is 31.1 Å². The fourth-order valence-corrected chi connectivity index (χ4v) is 3.01. The summed E-state index contributed by atoms with van der Waals surface area (Å²) in [5, 5.41) is 9.00. The summed E-state index contributed by atoms with van der Waals surface area (Å²) in [6.45, 7) is 5.01. The average molecular weight is 272 g/mol. The van der Waals surface area contributed by atoms with Gasteiger partial charge in [-0.2, -0.15) is 0 Å². The van der Waals surface area contributed by atoms with Gasteiger partial charge in [0.05, 0.1) is 10.5 Å². The molecule has 0 atom stereocenters. The van der Waals surface area contributed by atoms with Gasteiger partial charge in [-0.3, -0.25) is 0 Å². The van der Waals surface area contributed by atoms with Crippen LogP contribution in [0.25, 0.3) is 0 Å². The fraction of sp³-hybridized carbons (Fsp3) is 0.364. The number of benzene rings is 1. The molecule has 18 heavy (non-hydrogen) atoms. The molecule has 0 amide bonds. The third-order valence-electron chi connectivity index (χ3n) is 1.96. The monoisotopic (exact) mass is 272 g/mol. The summed E-state index contributed by atoms with van der Waals surface area (Å²) >= 11 is 0. The van der Waals surface area contributed by atoms with Crippen molar-refractivity contribution in [2.24, 2.45) is 0 Å². The number of hydrogen-bond donors (Lipinski definition) is 3. The van der Waals surface area contributed by atoms with Crippen LogP contribution in [0, 0.1) is 0 Å². The highest BCUT2D eigenvalue weighted by Crippen LogP contribution is 2.20. The summed E-state index contributed by atoms with van der Waals surface area (Å²) in [5.41, 5.74) is 4.61. The first-order valence-corrected chi connectivity index (χ1v) is 6.68. The maximum atomic E-state index is 12.1. The molecule has 0 saturated heterocycles. The molecule has 0 aliphatic rings. The van der Waals surface area contributed by atoms with Gasteiger partial charge in [0.15, 0.2) is 0 Å². The van der Waals surface area contributed by atoms with Crippen LogP contribution in [0.2, 0.25) is 0 Å². The van der Waals surface area contributed by atoms with Crippen LogP contribution in [0.15, 0.2) is 23.1 Å². The van der Waals surface area contributed by atoms with E-state index in [0.717, 1.165) is 6.07 Å². The van der Waals surface area contributed by atoms with Crippen molar-refractivity contribution in [3.05, 3.63) is 23.8 Å². The van der Waals surface area contributed by atoms with Gasteiger partial charge < -0.3 is 10.8 Å². The molecule has 0 radical (unpaired) electrons. The minimum absolute atomic E-state index is 0.196. The van der Waals surface area contributed by atoms with Crippen LogP contribution >= 0.6 is 0 Å². The number of carbonyl (C=O) groups is 1. The van der Waals surface area contributed by atoms with E-state index in [1.54, 1.807) is 20.8 Å². The molecule has 0 heterocycles. The number of nitrogens with one attached hydrogen (secondary N) is 1. The summed E-state index contributed by atoms with van der Waals surface area (Å²) in [7, 11) is -3.90. The van der Waals surface area contributed by atoms with Crippen molar-refractivity contribution in [3.8, 4) is 0 Å². The van der Waals surface area contributed by atoms with Gasteiger partial charge in [-0.15, -0.1) is 0 Å². The predicted octanol–water partition coefficient (Wildman–Crippen LogP) is 1.04. The zero-order chi connectivity index (χ0) is 14.1. The van der Waals surface area contributed by atoms with E-state index < -0.39 is 21.5 Å². The normalized spacial score (nSPS) is 12.4. The first-order chi connectivity index (χ1) is 8.03. The van der Waals surface area contributed by atoms with Crippen LogP contribution in [0.3, 0.4) is 0 Å². The number of anilines is 1. The first kappa shape index (κ1) is 14.5. The Morgan fingerprint density at radius 2 is 1.89 bits per heavy atom. The molecule has 0 aliphatic carbocycles. The highest BCUT2D eigenvalue weighted by atomic mass is 32.2. The fourth-order valence-electron chi connectivity index (χ4n) is 1.41. The van der Waals surface area contributed by atoms with Gasteiger partial charge in [-0.05, 0) is 39.0 Å². The summed E-state index contributed by atoms with van der Waals surface area (Å²) < 4.78 is 26.5. The van der Waals surface area contributed by atoms with E-state index in [0.29, 0.717) is 0 Å². The molecule has 1 aromatic rings. The third-order valence-corrected chi connectivity index (χ3v) is 3.78. The second kappa shape index (κ2) is 4.58. The van der Waals surface area contributed by atoms with Crippen molar-refractivity contribution < 1.29 is 18.3 Å². The second-order valence-corrected chi connectivity index (χ2v) is 6.57. The van der Waals surface area contributed by atoms with Crippen molar-refractivity contribution in [1.29, 1.82) is 0 Å². The zero-order valence-corrected chi connectivity index (χ0v) is 11.2. The number of nitrogens with two attached hydrogens (primary N) is 1. The van der Waals surface area contributed by atoms with Crippen molar-refractivity contribution in [1.82, 2.24) is 4.72 Å². The van der Waals surface area contributed by atoms with Crippen LogP contribution in [0.5, 0.6) is 0 Å². The minimum Gasteiger partial charge on any atom is -0.478 e. The number of rotatable bonds is 3. The van der Waals surface area contributed by atoms with Crippen molar-refractivity contribution in [2.75, 3.05) is 5.73 Å². The number of hydrogen-bond acceptors (Lipinski definition) is 4. The van der Waals surface area contributed by atoms with Gasteiger partial charge in [-0.1, -0.05) is 0 Å². The molecule has 4 N–H and O–H groups in total. The zero-order valence-electron chi connectivity index (χ0n) is 10.4. The highest BCUT2D eigenvalue weighted by Gasteiger charge is 2.26. The van der Waals surface area contributed by atoms with Crippen LogP contribution in [-0.2, 0) is 10.0 Å². The first-order valence-electron chi connectivity index (χ1n) is 5.20. The molecular weight excluding hydrogens is 256 g/mol. The van der Waals surface area contributed by atoms with Crippen molar-refractivity contribution >= 4 is 21.7 Å². The lowest BCUT2D eigenvalue weighted by molar-refractivity contribution is 0.0692. The lowest BCUT2D eigenvalue weighted by Gasteiger charge is -2.21. The Hall–Kier alpha value is -1.60. The molecule has 6 nitrogen and oxygen atoms in total. The van der Waals surface area contributed by atoms with E-state index in [2.05, 4.69) is 4.72 Å². The lowest BCUT2D eigenvalue weighted by Crippen LogP contribution is -2.41. The molecule has 0 bridgehead atoms. The Kier molecular flexibility index (Phi) is 3.68. The van der Waals surface area contributed by atoms with E-state index in [4.69, 9.17) is 10.8 Å². The molecule has 0 saturated carbocycles. The van der Waals surface area contributed by atoms with E-state index >= 15 is 0 Å². The quantitative estimate of drug-likeness (QED) is 0.712. The summed E-state index contributed by atoms with van der Waals surface area (Å²) in [5.74, 6) is -1.34. The summed E-state index contributed by atoms with van der Waals surface area (Å²) in [6, 6.07) is 3.66. The summed E-state index contributed by atoms with van der Waals surface area (Å²) in [4.78, 5) is 10.7. The molecular formula is C11H16N2O4S. The van der Waals surface area contributed by atoms with Crippen LogP contribution < -0.4 is 10.5 Å². The van der Waals surface area contributed by atoms with Gasteiger partial charge in [0.1, 0.15) is 0 Å².